The van der Waals surface area contributed by atoms with E-state index in [-0.39, 0.29) is 0 Å². The molecule has 1 heterocycles. The Kier molecular flexibility index (Phi) is 4.33. The molecule has 0 saturated carbocycles. The van der Waals surface area contributed by atoms with Gasteiger partial charge in [0.1, 0.15) is 0 Å². The van der Waals surface area contributed by atoms with Gasteiger partial charge in [-0.15, -0.1) is 0 Å². The highest BCUT2D eigenvalue weighted by Gasteiger charge is 2.03. The summed E-state index contributed by atoms with van der Waals surface area (Å²) in [6.45, 7) is 5.37. The molecule has 5 heteroatoms. The molecule has 0 radical (unpaired) electrons. The van der Waals surface area contributed by atoms with Crippen LogP contribution in [0.3, 0.4) is 0 Å². The molecule has 0 aliphatic heterocycles. The highest BCUT2D eigenvalue weighted by molar-refractivity contribution is 6.31. The fourth-order valence-electron chi connectivity index (χ4n) is 1.66. The summed E-state index contributed by atoms with van der Waals surface area (Å²) in [7, 11) is 0. The van der Waals surface area contributed by atoms with Gasteiger partial charge >= 0.3 is 0 Å². The van der Waals surface area contributed by atoms with Crippen molar-refractivity contribution in [1.82, 2.24) is 15.5 Å². The van der Waals surface area contributed by atoms with Crippen molar-refractivity contribution in [3.8, 4) is 0 Å². The zero-order chi connectivity index (χ0) is 13.0. The van der Waals surface area contributed by atoms with Crippen molar-refractivity contribution in [3.05, 3.63) is 46.1 Å². The van der Waals surface area contributed by atoms with E-state index >= 15 is 0 Å². The quantitative estimate of drug-likeness (QED) is 0.845. The van der Waals surface area contributed by atoms with E-state index < -0.39 is 0 Å². The first-order chi connectivity index (χ1) is 8.65. The van der Waals surface area contributed by atoms with Gasteiger partial charge in [0.05, 0.1) is 0 Å². The number of benzene rings is 1. The zero-order valence-electron chi connectivity index (χ0n) is 10.5. The molecule has 0 amide bonds. The normalized spacial score (nSPS) is 10.8. The molecule has 0 aliphatic rings. The minimum Gasteiger partial charge on any atom is -0.339 e. The van der Waals surface area contributed by atoms with Crippen molar-refractivity contribution >= 4 is 11.6 Å². The summed E-state index contributed by atoms with van der Waals surface area (Å²) in [6.07, 6.45) is 0.727. The molecule has 4 nitrogen and oxygen atoms in total. The fraction of sp³-hybridized carbons (Fsp3) is 0.385. The first-order valence-electron chi connectivity index (χ1n) is 5.90. The van der Waals surface area contributed by atoms with Crippen LogP contribution in [-0.4, -0.2) is 16.7 Å². The number of hydrogen-bond acceptors (Lipinski definition) is 4. The monoisotopic (exact) mass is 265 g/mol. The van der Waals surface area contributed by atoms with Crippen LogP contribution in [-0.2, 0) is 13.0 Å². The molecule has 0 atom stereocenters. The van der Waals surface area contributed by atoms with E-state index in [4.69, 9.17) is 16.1 Å². The van der Waals surface area contributed by atoms with Gasteiger partial charge in [-0.2, -0.15) is 4.98 Å². The lowest BCUT2D eigenvalue weighted by Crippen LogP contribution is -2.17. The maximum atomic E-state index is 6.15. The van der Waals surface area contributed by atoms with Gasteiger partial charge in [0.15, 0.2) is 5.82 Å². The molecule has 0 unspecified atom stereocenters. The predicted octanol–water partition coefficient (Wildman–Crippen LogP) is 2.67. The SMILES string of the molecule is Cc1ccc(CNCCc2nc(C)no2)c(Cl)c1. The van der Waals surface area contributed by atoms with Gasteiger partial charge in [0.25, 0.3) is 0 Å². The number of nitrogens with zero attached hydrogens (tertiary/aromatic N) is 2. The first-order valence-corrected chi connectivity index (χ1v) is 6.28. The minimum absolute atomic E-state index is 0.662. The third-order valence-electron chi connectivity index (χ3n) is 2.61. The van der Waals surface area contributed by atoms with E-state index in [2.05, 4.69) is 21.5 Å². The van der Waals surface area contributed by atoms with Gasteiger partial charge in [0, 0.05) is 24.5 Å². The molecule has 18 heavy (non-hydrogen) atoms. The van der Waals surface area contributed by atoms with Crippen LogP contribution in [0.25, 0.3) is 0 Å². The second-order valence-electron chi connectivity index (χ2n) is 4.26. The summed E-state index contributed by atoms with van der Waals surface area (Å²) in [6, 6.07) is 6.08. The molecule has 96 valence electrons. The van der Waals surface area contributed by atoms with E-state index in [0.29, 0.717) is 11.7 Å². The van der Waals surface area contributed by atoms with Gasteiger partial charge in [-0.3, -0.25) is 0 Å². The van der Waals surface area contributed by atoms with Gasteiger partial charge < -0.3 is 9.84 Å². The Morgan fingerprint density at radius 1 is 1.33 bits per heavy atom. The van der Waals surface area contributed by atoms with Crippen molar-refractivity contribution in [1.29, 1.82) is 0 Å². The smallest absolute Gasteiger partial charge is 0.227 e. The van der Waals surface area contributed by atoms with Crippen LogP contribution < -0.4 is 5.32 Å². The second kappa shape index (κ2) is 5.98. The summed E-state index contributed by atoms with van der Waals surface area (Å²) in [5.74, 6) is 1.33. The van der Waals surface area contributed by atoms with E-state index in [0.717, 1.165) is 30.1 Å². The van der Waals surface area contributed by atoms with Gasteiger partial charge in [-0.05, 0) is 31.0 Å². The van der Waals surface area contributed by atoms with Gasteiger partial charge in [0.2, 0.25) is 5.89 Å². The summed E-state index contributed by atoms with van der Waals surface area (Å²) in [5, 5.41) is 7.85. The standard InChI is InChI=1S/C13H16ClN3O/c1-9-3-4-11(12(14)7-9)8-15-6-5-13-16-10(2)17-18-13/h3-4,7,15H,5-6,8H2,1-2H3. The summed E-state index contributed by atoms with van der Waals surface area (Å²) in [4.78, 5) is 4.14. The molecular formula is C13H16ClN3O. The molecule has 1 aromatic heterocycles. The Morgan fingerprint density at radius 3 is 2.83 bits per heavy atom. The largest absolute Gasteiger partial charge is 0.339 e. The molecule has 0 aliphatic carbocycles. The second-order valence-corrected chi connectivity index (χ2v) is 4.66. The van der Waals surface area contributed by atoms with E-state index in [1.807, 2.05) is 26.0 Å². The molecule has 0 saturated heterocycles. The highest BCUT2D eigenvalue weighted by Crippen LogP contribution is 2.17. The van der Waals surface area contributed by atoms with Crippen LogP contribution in [0, 0.1) is 13.8 Å². The summed E-state index contributed by atoms with van der Waals surface area (Å²) in [5.41, 5.74) is 2.27. The van der Waals surface area contributed by atoms with Crippen molar-refractivity contribution in [3.63, 3.8) is 0 Å². The van der Waals surface area contributed by atoms with Crippen molar-refractivity contribution in [2.45, 2.75) is 26.8 Å². The third kappa shape index (κ3) is 3.55. The molecule has 0 bridgehead atoms. The average molecular weight is 266 g/mol. The minimum atomic E-state index is 0.662. The number of nitrogens with one attached hydrogen (secondary N) is 1. The fourth-order valence-corrected chi connectivity index (χ4v) is 1.96. The molecule has 2 rings (SSSR count). The number of rotatable bonds is 5. The van der Waals surface area contributed by atoms with Gasteiger partial charge in [-0.25, -0.2) is 0 Å². The Hall–Kier alpha value is -1.39. The predicted molar refractivity (Wildman–Crippen MR) is 70.6 cm³/mol. The third-order valence-corrected chi connectivity index (χ3v) is 2.96. The molecule has 1 aromatic carbocycles. The highest BCUT2D eigenvalue weighted by atomic mass is 35.5. The maximum absolute atomic E-state index is 6.15. The lowest BCUT2D eigenvalue weighted by Gasteiger charge is -2.06. The topological polar surface area (TPSA) is 51.0 Å². The van der Waals surface area contributed by atoms with Crippen molar-refractivity contribution in [2.24, 2.45) is 0 Å². The van der Waals surface area contributed by atoms with Crippen LogP contribution >= 0.6 is 11.6 Å². The van der Waals surface area contributed by atoms with Crippen molar-refractivity contribution in [2.75, 3.05) is 6.54 Å². The number of halogens is 1. The van der Waals surface area contributed by atoms with Crippen LogP contribution in [0.1, 0.15) is 22.8 Å². The van der Waals surface area contributed by atoms with Crippen LogP contribution in [0.5, 0.6) is 0 Å². The van der Waals surface area contributed by atoms with Gasteiger partial charge in [-0.1, -0.05) is 28.9 Å². The molecule has 0 spiro atoms. The molecule has 1 N–H and O–H groups in total. The average Bonchev–Trinajstić information content (AvgIpc) is 2.73. The van der Waals surface area contributed by atoms with Crippen LogP contribution in [0.15, 0.2) is 22.7 Å². The van der Waals surface area contributed by atoms with Crippen LogP contribution in [0.4, 0.5) is 0 Å². The zero-order valence-corrected chi connectivity index (χ0v) is 11.3. The van der Waals surface area contributed by atoms with E-state index in [9.17, 15) is 0 Å². The van der Waals surface area contributed by atoms with E-state index in [1.165, 1.54) is 5.56 Å². The maximum Gasteiger partial charge on any atom is 0.227 e. The summed E-state index contributed by atoms with van der Waals surface area (Å²) < 4.78 is 5.03. The van der Waals surface area contributed by atoms with Crippen LogP contribution in [0.2, 0.25) is 5.02 Å². The Bertz CT molecular complexity index is 525. The number of hydrogen-bond donors (Lipinski definition) is 1. The number of aromatic nitrogens is 2. The molecule has 2 aromatic rings. The first kappa shape index (κ1) is 13.1. The van der Waals surface area contributed by atoms with E-state index in [1.54, 1.807) is 0 Å². The Balaban J connectivity index is 1.78. The van der Waals surface area contributed by atoms with Crippen molar-refractivity contribution < 1.29 is 4.52 Å². The lowest BCUT2D eigenvalue weighted by atomic mass is 10.1. The number of aryl methyl sites for hydroxylation is 2. The lowest BCUT2D eigenvalue weighted by molar-refractivity contribution is 0.372. The molecular weight excluding hydrogens is 250 g/mol. The Morgan fingerprint density at radius 2 is 2.17 bits per heavy atom. The Labute approximate surface area is 111 Å². The summed E-state index contributed by atoms with van der Waals surface area (Å²) >= 11 is 6.15. The molecule has 0 fully saturated rings.